The molecule has 23 heavy (non-hydrogen) atoms. The van der Waals surface area contributed by atoms with Gasteiger partial charge in [-0.3, -0.25) is 9.59 Å². The molecule has 1 amide bonds. The maximum Gasteiger partial charge on any atom is 0.253 e. The highest BCUT2D eigenvalue weighted by Gasteiger charge is 2.33. The molecule has 2 saturated heterocycles. The molecule has 1 aliphatic carbocycles. The summed E-state index contributed by atoms with van der Waals surface area (Å²) in [7, 11) is 0. The first kappa shape index (κ1) is 16.9. The van der Waals surface area contributed by atoms with Crippen LogP contribution in [0.2, 0.25) is 0 Å². The van der Waals surface area contributed by atoms with Crippen molar-refractivity contribution in [1.29, 1.82) is 0 Å². The molecule has 130 valence electrons. The summed E-state index contributed by atoms with van der Waals surface area (Å²) in [6.07, 6.45) is 6.46. The monoisotopic (exact) mass is 323 g/mol. The van der Waals surface area contributed by atoms with Crippen LogP contribution in [0.4, 0.5) is 0 Å². The van der Waals surface area contributed by atoms with Gasteiger partial charge in [-0.05, 0) is 5.92 Å². The van der Waals surface area contributed by atoms with Crippen molar-refractivity contribution in [3.05, 3.63) is 0 Å². The summed E-state index contributed by atoms with van der Waals surface area (Å²) in [6, 6.07) is -0.203. The lowest BCUT2D eigenvalue weighted by Gasteiger charge is -2.36. The van der Waals surface area contributed by atoms with Gasteiger partial charge in [-0.1, -0.05) is 32.1 Å². The van der Waals surface area contributed by atoms with Gasteiger partial charge in [-0.2, -0.15) is 0 Å². The number of carbonyl (C=O) groups is 2. The second-order valence-electron chi connectivity index (χ2n) is 7.03. The summed E-state index contributed by atoms with van der Waals surface area (Å²) in [5.74, 6) is 0.848. The van der Waals surface area contributed by atoms with Gasteiger partial charge in [0.25, 0.3) is 5.91 Å². The highest BCUT2D eigenvalue weighted by molar-refractivity contribution is 5.87. The van der Waals surface area contributed by atoms with E-state index in [1.807, 2.05) is 0 Å². The van der Waals surface area contributed by atoms with E-state index < -0.39 is 6.10 Å². The molecule has 3 aliphatic rings. The fourth-order valence-electron chi connectivity index (χ4n) is 3.91. The fourth-order valence-corrected chi connectivity index (χ4v) is 3.91. The van der Waals surface area contributed by atoms with Gasteiger partial charge in [0.05, 0.1) is 12.6 Å². The summed E-state index contributed by atoms with van der Waals surface area (Å²) >= 11 is 0. The zero-order valence-corrected chi connectivity index (χ0v) is 13.9. The van der Waals surface area contributed by atoms with Gasteiger partial charge in [0.1, 0.15) is 6.10 Å². The number of ketones is 1. The largest absolute Gasteiger partial charge is 0.366 e. The first-order valence-electron chi connectivity index (χ1n) is 9.11. The Kier molecular flexibility index (Phi) is 6.02. The van der Waals surface area contributed by atoms with Crippen LogP contribution in [-0.4, -0.2) is 68.1 Å². The van der Waals surface area contributed by atoms with Crippen LogP contribution in [0.1, 0.15) is 38.5 Å². The van der Waals surface area contributed by atoms with Crippen molar-refractivity contribution < 1.29 is 14.3 Å². The molecule has 0 aromatic carbocycles. The number of Topliss-reactive ketones (excluding diaryl/α,β-unsaturated/α-hetero) is 1. The Balaban J connectivity index is 1.50. The molecule has 2 N–H and O–H groups in total. The lowest BCUT2D eigenvalue weighted by molar-refractivity contribution is -0.147. The van der Waals surface area contributed by atoms with Gasteiger partial charge >= 0.3 is 0 Å². The zero-order valence-electron chi connectivity index (χ0n) is 13.9. The molecule has 0 bridgehead atoms. The van der Waals surface area contributed by atoms with E-state index in [0.29, 0.717) is 45.1 Å². The zero-order chi connectivity index (χ0) is 16.1. The summed E-state index contributed by atoms with van der Waals surface area (Å²) in [5.41, 5.74) is 0. The van der Waals surface area contributed by atoms with Crippen LogP contribution in [0.25, 0.3) is 0 Å². The normalized spacial score (nSPS) is 30.2. The Morgan fingerprint density at radius 1 is 1.13 bits per heavy atom. The minimum absolute atomic E-state index is 0.0224. The third-order valence-corrected chi connectivity index (χ3v) is 5.29. The summed E-state index contributed by atoms with van der Waals surface area (Å²) in [6.45, 7) is 3.78. The van der Waals surface area contributed by atoms with Crippen LogP contribution in [-0.2, 0) is 14.3 Å². The summed E-state index contributed by atoms with van der Waals surface area (Å²) in [5, 5.41) is 6.48. The molecule has 6 heteroatoms. The second-order valence-corrected chi connectivity index (χ2v) is 7.03. The predicted octanol–water partition coefficient (Wildman–Crippen LogP) is 0.315. The van der Waals surface area contributed by atoms with E-state index in [4.69, 9.17) is 4.74 Å². The number of amides is 1. The van der Waals surface area contributed by atoms with Crippen LogP contribution >= 0.6 is 0 Å². The van der Waals surface area contributed by atoms with Crippen molar-refractivity contribution in [3.63, 3.8) is 0 Å². The number of carbonyl (C=O) groups excluding carboxylic acids is 2. The Morgan fingerprint density at radius 3 is 2.70 bits per heavy atom. The minimum atomic E-state index is -0.393. The molecule has 2 aliphatic heterocycles. The van der Waals surface area contributed by atoms with Crippen LogP contribution in [0.15, 0.2) is 0 Å². The lowest BCUT2D eigenvalue weighted by atomic mass is 9.84. The molecule has 2 unspecified atom stereocenters. The third-order valence-electron chi connectivity index (χ3n) is 5.29. The predicted molar refractivity (Wildman–Crippen MR) is 87.2 cm³/mol. The molecule has 0 radical (unpaired) electrons. The topological polar surface area (TPSA) is 70.7 Å². The molecule has 3 fully saturated rings. The van der Waals surface area contributed by atoms with E-state index in [1.54, 1.807) is 4.90 Å². The van der Waals surface area contributed by atoms with Gasteiger partial charge in [0.15, 0.2) is 5.78 Å². The highest BCUT2D eigenvalue weighted by atomic mass is 16.5. The average Bonchev–Trinajstić information content (AvgIpc) is 2.63. The van der Waals surface area contributed by atoms with Crippen molar-refractivity contribution in [1.82, 2.24) is 15.5 Å². The second kappa shape index (κ2) is 8.22. The van der Waals surface area contributed by atoms with E-state index >= 15 is 0 Å². The average molecular weight is 323 g/mol. The molecule has 3 rings (SSSR count). The molecule has 6 nitrogen and oxygen atoms in total. The number of nitrogens with zero attached hydrogens (tertiary/aromatic N) is 1. The molecule has 1 saturated carbocycles. The maximum atomic E-state index is 12.6. The molecular weight excluding hydrogens is 294 g/mol. The molecular formula is C17H29N3O3. The molecule has 2 atom stereocenters. The number of morpholine rings is 1. The van der Waals surface area contributed by atoms with Crippen LogP contribution in [0.3, 0.4) is 0 Å². The summed E-state index contributed by atoms with van der Waals surface area (Å²) in [4.78, 5) is 26.9. The minimum Gasteiger partial charge on any atom is -0.366 e. The lowest BCUT2D eigenvalue weighted by Crippen LogP contribution is -2.59. The first-order chi connectivity index (χ1) is 11.2. The van der Waals surface area contributed by atoms with Crippen molar-refractivity contribution in [3.8, 4) is 0 Å². The smallest absolute Gasteiger partial charge is 0.253 e. The molecule has 0 aromatic heterocycles. The van der Waals surface area contributed by atoms with Gasteiger partial charge in [0.2, 0.25) is 0 Å². The number of nitrogens with one attached hydrogen (secondary N) is 2. The van der Waals surface area contributed by atoms with E-state index in [9.17, 15) is 9.59 Å². The Hall–Kier alpha value is -0.980. The van der Waals surface area contributed by atoms with E-state index in [-0.39, 0.29) is 17.7 Å². The molecule has 0 aromatic rings. The number of hydrogen-bond acceptors (Lipinski definition) is 5. The third kappa shape index (κ3) is 4.52. The number of ether oxygens (including phenoxy) is 1. The Morgan fingerprint density at radius 2 is 1.96 bits per heavy atom. The van der Waals surface area contributed by atoms with Gasteiger partial charge in [-0.25, -0.2) is 0 Å². The molecule has 0 spiro atoms. The van der Waals surface area contributed by atoms with Crippen LogP contribution in [0, 0.1) is 5.92 Å². The van der Waals surface area contributed by atoms with Crippen molar-refractivity contribution in [2.75, 3.05) is 39.3 Å². The maximum absolute atomic E-state index is 12.6. The van der Waals surface area contributed by atoms with Crippen molar-refractivity contribution >= 4 is 11.7 Å². The highest BCUT2D eigenvalue weighted by Crippen LogP contribution is 2.27. The van der Waals surface area contributed by atoms with Gasteiger partial charge < -0.3 is 20.3 Å². The van der Waals surface area contributed by atoms with E-state index in [1.165, 1.54) is 32.1 Å². The first-order valence-corrected chi connectivity index (χ1v) is 9.11. The standard InChI is InChI=1S/C17H29N3O3/c21-15(10-13-4-2-1-3-5-13)14-12-20(8-6-19-14)17(22)16-11-18-7-9-23-16/h13-14,16,18-19H,1-12H2. The van der Waals surface area contributed by atoms with Crippen LogP contribution in [0.5, 0.6) is 0 Å². The molecule has 2 heterocycles. The van der Waals surface area contributed by atoms with Gasteiger partial charge in [-0.15, -0.1) is 0 Å². The van der Waals surface area contributed by atoms with E-state index in [2.05, 4.69) is 10.6 Å². The SMILES string of the molecule is O=C(CC1CCCCC1)C1CN(C(=O)C2CNCCO2)CCN1. The van der Waals surface area contributed by atoms with Crippen molar-refractivity contribution in [2.24, 2.45) is 5.92 Å². The van der Waals surface area contributed by atoms with E-state index in [0.717, 1.165) is 6.54 Å². The van der Waals surface area contributed by atoms with Crippen molar-refractivity contribution in [2.45, 2.75) is 50.7 Å². The quantitative estimate of drug-likeness (QED) is 0.779. The Labute approximate surface area is 138 Å². The van der Waals surface area contributed by atoms with Gasteiger partial charge in [0, 0.05) is 39.1 Å². The summed E-state index contributed by atoms with van der Waals surface area (Å²) < 4.78 is 5.55. The number of piperazine rings is 1. The van der Waals surface area contributed by atoms with Crippen LogP contribution < -0.4 is 10.6 Å². The number of rotatable bonds is 4. The Bertz CT molecular complexity index is 417. The number of hydrogen-bond donors (Lipinski definition) is 2. The fraction of sp³-hybridized carbons (Fsp3) is 0.882.